The summed E-state index contributed by atoms with van der Waals surface area (Å²) in [6.07, 6.45) is 0.0797. The van der Waals surface area contributed by atoms with Crippen molar-refractivity contribution in [2.75, 3.05) is 6.54 Å². The predicted octanol–water partition coefficient (Wildman–Crippen LogP) is 0.721. The van der Waals surface area contributed by atoms with Crippen molar-refractivity contribution in [3.8, 4) is 0 Å². The van der Waals surface area contributed by atoms with E-state index in [0.717, 1.165) is 5.76 Å². The normalized spacial score (nSPS) is 9.93. The van der Waals surface area contributed by atoms with E-state index in [1.165, 1.54) is 0 Å². The summed E-state index contributed by atoms with van der Waals surface area (Å²) in [5.74, 6) is 0.179. The van der Waals surface area contributed by atoms with Gasteiger partial charge in [0.15, 0.2) is 0 Å². The van der Waals surface area contributed by atoms with E-state index in [1.807, 2.05) is 0 Å². The van der Waals surface area contributed by atoms with Crippen LogP contribution in [0.2, 0.25) is 0 Å². The van der Waals surface area contributed by atoms with E-state index < -0.39 is 5.97 Å². The molecule has 0 aliphatic carbocycles. The summed E-state index contributed by atoms with van der Waals surface area (Å²) in [6.45, 7) is 1.94. The molecule has 0 atom stereocenters. The fraction of sp³-hybridized carbons (Fsp3) is 0.400. The fourth-order valence-electron chi connectivity index (χ4n) is 1.11. The highest BCUT2D eigenvalue weighted by Gasteiger charge is 2.06. The molecule has 5 nitrogen and oxygen atoms in total. The molecule has 0 fully saturated rings. The van der Waals surface area contributed by atoms with Crippen LogP contribution in [0.5, 0.6) is 0 Å². The predicted molar refractivity (Wildman–Crippen MR) is 52.4 cm³/mol. The molecule has 0 aliphatic heterocycles. The van der Waals surface area contributed by atoms with Crippen molar-refractivity contribution >= 4 is 11.9 Å². The standard InChI is InChI=1S/C10H13NO4/c1-7-2-3-8(15-7)6-9(12)11-5-4-10(13)14/h2-3H,4-6H2,1H3,(H,11,12)(H,13,14). The first kappa shape index (κ1) is 11.3. The Kier molecular flexibility index (Phi) is 3.91. The molecule has 1 aromatic heterocycles. The Morgan fingerprint density at radius 1 is 1.47 bits per heavy atom. The van der Waals surface area contributed by atoms with Gasteiger partial charge in [-0.05, 0) is 19.1 Å². The van der Waals surface area contributed by atoms with Gasteiger partial charge in [-0.25, -0.2) is 0 Å². The first-order chi connectivity index (χ1) is 7.08. The van der Waals surface area contributed by atoms with E-state index in [0.29, 0.717) is 5.76 Å². The molecule has 0 spiro atoms. The average molecular weight is 211 g/mol. The number of carbonyl (C=O) groups excluding carboxylic acids is 1. The molecule has 1 heterocycles. The van der Waals surface area contributed by atoms with Gasteiger partial charge in [0.05, 0.1) is 12.8 Å². The van der Waals surface area contributed by atoms with Crippen LogP contribution in [0.4, 0.5) is 0 Å². The Morgan fingerprint density at radius 2 is 2.20 bits per heavy atom. The molecule has 0 unspecified atom stereocenters. The maximum absolute atomic E-state index is 11.2. The van der Waals surface area contributed by atoms with E-state index in [1.54, 1.807) is 19.1 Å². The number of aryl methyl sites for hydroxylation is 1. The van der Waals surface area contributed by atoms with Crippen LogP contribution >= 0.6 is 0 Å². The lowest BCUT2D eigenvalue weighted by atomic mass is 10.3. The number of nitrogens with one attached hydrogen (secondary N) is 1. The average Bonchev–Trinajstić information content (AvgIpc) is 2.50. The van der Waals surface area contributed by atoms with E-state index in [-0.39, 0.29) is 25.3 Å². The summed E-state index contributed by atoms with van der Waals surface area (Å²) >= 11 is 0. The molecule has 0 bridgehead atoms. The molecule has 0 radical (unpaired) electrons. The summed E-state index contributed by atoms with van der Waals surface area (Å²) in [6, 6.07) is 3.51. The van der Waals surface area contributed by atoms with Crippen LogP contribution in [0.25, 0.3) is 0 Å². The molecule has 1 rings (SSSR count). The zero-order valence-corrected chi connectivity index (χ0v) is 8.45. The summed E-state index contributed by atoms with van der Waals surface area (Å²) in [5, 5.41) is 10.8. The lowest BCUT2D eigenvalue weighted by Crippen LogP contribution is -2.27. The Hall–Kier alpha value is -1.78. The lowest BCUT2D eigenvalue weighted by molar-refractivity contribution is -0.136. The SMILES string of the molecule is Cc1ccc(CC(=O)NCCC(=O)O)o1. The van der Waals surface area contributed by atoms with Gasteiger partial charge >= 0.3 is 5.97 Å². The van der Waals surface area contributed by atoms with Crippen molar-refractivity contribution in [2.45, 2.75) is 19.8 Å². The Morgan fingerprint density at radius 3 is 2.73 bits per heavy atom. The zero-order valence-electron chi connectivity index (χ0n) is 8.45. The number of carboxylic acid groups (broad SMARTS) is 1. The minimum Gasteiger partial charge on any atom is -0.481 e. The van der Waals surface area contributed by atoms with E-state index in [4.69, 9.17) is 9.52 Å². The van der Waals surface area contributed by atoms with Crippen LogP contribution in [-0.2, 0) is 16.0 Å². The minimum atomic E-state index is -0.927. The van der Waals surface area contributed by atoms with Gasteiger partial charge in [0, 0.05) is 6.54 Å². The number of amides is 1. The van der Waals surface area contributed by atoms with Gasteiger partial charge in [-0.1, -0.05) is 0 Å². The van der Waals surface area contributed by atoms with E-state index in [9.17, 15) is 9.59 Å². The monoisotopic (exact) mass is 211 g/mol. The van der Waals surface area contributed by atoms with Crippen molar-refractivity contribution < 1.29 is 19.1 Å². The highest BCUT2D eigenvalue weighted by atomic mass is 16.4. The molecule has 5 heteroatoms. The van der Waals surface area contributed by atoms with Crippen LogP contribution in [0.15, 0.2) is 16.5 Å². The molecule has 0 aliphatic rings. The summed E-state index contributed by atoms with van der Waals surface area (Å²) < 4.78 is 5.20. The maximum Gasteiger partial charge on any atom is 0.305 e. The molecule has 0 saturated carbocycles. The molecule has 0 aromatic carbocycles. The number of furan rings is 1. The minimum absolute atomic E-state index is 0.0665. The second-order valence-corrected chi connectivity index (χ2v) is 3.18. The van der Waals surface area contributed by atoms with Crippen LogP contribution in [0, 0.1) is 6.92 Å². The van der Waals surface area contributed by atoms with Gasteiger partial charge in [0.2, 0.25) is 5.91 Å². The molecule has 82 valence electrons. The van der Waals surface area contributed by atoms with Crippen LogP contribution in [-0.4, -0.2) is 23.5 Å². The number of carbonyl (C=O) groups is 2. The summed E-state index contributed by atoms with van der Waals surface area (Å²) in [4.78, 5) is 21.4. The number of hydrogen-bond donors (Lipinski definition) is 2. The molecular formula is C10H13NO4. The van der Waals surface area contributed by atoms with E-state index >= 15 is 0 Å². The zero-order chi connectivity index (χ0) is 11.3. The lowest BCUT2D eigenvalue weighted by Gasteiger charge is -2.00. The topological polar surface area (TPSA) is 79.5 Å². The molecule has 1 amide bonds. The summed E-state index contributed by atoms with van der Waals surface area (Å²) in [5.41, 5.74) is 0. The van der Waals surface area contributed by atoms with Crippen LogP contribution < -0.4 is 5.32 Å². The van der Waals surface area contributed by atoms with Crippen molar-refractivity contribution in [2.24, 2.45) is 0 Å². The largest absolute Gasteiger partial charge is 0.481 e. The van der Waals surface area contributed by atoms with Gasteiger partial charge in [-0.15, -0.1) is 0 Å². The number of hydrogen-bond acceptors (Lipinski definition) is 3. The smallest absolute Gasteiger partial charge is 0.305 e. The third-order valence-electron chi connectivity index (χ3n) is 1.79. The third kappa shape index (κ3) is 4.30. The second kappa shape index (κ2) is 5.19. The maximum atomic E-state index is 11.2. The van der Waals surface area contributed by atoms with Gasteiger partial charge < -0.3 is 14.8 Å². The van der Waals surface area contributed by atoms with Gasteiger partial charge in [-0.3, -0.25) is 9.59 Å². The molecule has 2 N–H and O–H groups in total. The van der Waals surface area contributed by atoms with Crippen molar-refractivity contribution in [1.29, 1.82) is 0 Å². The summed E-state index contributed by atoms with van der Waals surface area (Å²) in [7, 11) is 0. The highest BCUT2D eigenvalue weighted by molar-refractivity contribution is 5.78. The van der Waals surface area contributed by atoms with Crippen LogP contribution in [0.1, 0.15) is 17.9 Å². The van der Waals surface area contributed by atoms with Crippen molar-refractivity contribution in [3.63, 3.8) is 0 Å². The van der Waals surface area contributed by atoms with Gasteiger partial charge in [-0.2, -0.15) is 0 Å². The van der Waals surface area contributed by atoms with Crippen LogP contribution in [0.3, 0.4) is 0 Å². The Bertz CT molecular complexity index is 356. The van der Waals surface area contributed by atoms with Crippen molar-refractivity contribution in [3.05, 3.63) is 23.7 Å². The Labute approximate surface area is 87.1 Å². The first-order valence-corrected chi connectivity index (χ1v) is 4.62. The number of carboxylic acids is 1. The Balaban J connectivity index is 2.27. The first-order valence-electron chi connectivity index (χ1n) is 4.62. The van der Waals surface area contributed by atoms with E-state index in [2.05, 4.69) is 5.32 Å². The van der Waals surface area contributed by atoms with Gasteiger partial charge in [0.25, 0.3) is 0 Å². The molecule has 0 saturated heterocycles. The third-order valence-corrected chi connectivity index (χ3v) is 1.79. The van der Waals surface area contributed by atoms with Crippen molar-refractivity contribution in [1.82, 2.24) is 5.32 Å². The molecule has 1 aromatic rings. The number of rotatable bonds is 5. The molecular weight excluding hydrogens is 198 g/mol. The molecule has 15 heavy (non-hydrogen) atoms. The second-order valence-electron chi connectivity index (χ2n) is 3.18. The number of aliphatic carboxylic acids is 1. The quantitative estimate of drug-likeness (QED) is 0.752. The highest BCUT2D eigenvalue weighted by Crippen LogP contribution is 2.06. The fourth-order valence-corrected chi connectivity index (χ4v) is 1.11. The van der Waals surface area contributed by atoms with Gasteiger partial charge in [0.1, 0.15) is 11.5 Å².